The molecule has 3 heteroatoms. The van der Waals surface area contributed by atoms with Crippen molar-refractivity contribution in [2.45, 2.75) is 30.2 Å². The molecule has 1 aromatic carbocycles. The fourth-order valence-corrected chi connectivity index (χ4v) is 2.49. The van der Waals surface area contributed by atoms with Gasteiger partial charge in [-0.3, -0.25) is 0 Å². The summed E-state index contributed by atoms with van der Waals surface area (Å²) in [5, 5.41) is 0. The maximum atomic E-state index is 5.77. The fourth-order valence-electron chi connectivity index (χ4n) is 1.77. The lowest BCUT2D eigenvalue weighted by atomic mass is 10.1. The van der Waals surface area contributed by atoms with Crippen molar-refractivity contribution in [2.24, 2.45) is 0 Å². The normalized spacial score (nSPS) is 28.2. The quantitative estimate of drug-likeness (QED) is 0.663. The first kappa shape index (κ1) is 8.89. The van der Waals surface area contributed by atoms with Crippen LogP contribution in [-0.4, -0.2) is 10.6 Å². The van der Waals surface area contributed by atoms with Crippen LogP contribution in [0.3, 0.4) is 0 Å². The second-order valence-corrected chi connectivity index (χ2v) is 4.93. The molecule has 1 heterocycles. The summed E-state index contributed by atoms with van der Waals surface area (Å²) in [5.41, 5.74) is 2.49. The predicted molar refractivity (Wildman–Crippen MR) is 56.1 cm³/mol. The molecule has 1 aliphatic heterocycles. The molecular weight excluding hydrogens is 244 g/mol. The maximum absolute atomic E-state index is 5.77. The number of ether oxygens (including phenoxy) is 2. The average molecular weight is 255 g/mol. The Morgan fingerprint density at radius 2 is 1.64 bits per heavy atom. The molecule has 0 aromatic heterocycles. The first-order valence-electron chi connectivity index (χ1n) is 4.79. The lowest BCUT2D eigenvalue weighted by Gasteiger charge is -2.13. The number of hydrogen-bond donors (Lipinski definition) is 0. The third-order valence-electron chi connectivity index (χ3n) is 2.84. The van der Waals surface area contributed by atoms with Crippen LogP contribution in [-0.2, 0) is 22.7 Å². The van der Waals surface area contributed by atoms with Crippen molar-refractivity contribution in [3.05, 3.63) is 35.4 Å². The largest absolute Gasteiger partial charge is 0.344 e. The summed E-state index contributed by atoms with van der Waals surface area (Å²) in [6.07, 6.45) is 0.959. The Hall–Kier alpha value is -0.380. The van der Waals surface area contributed by atoms with Gasteiger partial charge in [-0.05, 0) is 11.1 Å². The van der Waals surface area contributed by atoms with Gasteiger partial charge in [-0.25, -0.2) is 0 Å². The number of benzene rings is 1. The van der Waals surface area contributed by atoms with Crippen molar-refractivity contribution in [1.29, 1.82) is 0 Å². The zero-order valence-corrected chi connectivity index (χ0v) is 9.29. The molecule has 1 fully saturated rings. The van der Waals surface area contributed by atoms with E-state index in [4.69, 9.17) is 9.47 Å². The molecule has 0 bridgehead atoms. The van der Waals surface area contributed by atoms with Crippen molar-refractivity contribution >= 4 is 15.9 Å². The van der Waals surface area contributed by atoms with Gasteiger partial charge < -0.3 is 9.47 Å². The smallest absolute Gasteiger partial charge is 0.183 e. The van der Waals surface area contributed by atoms with E-state index in [0.29, 0.717) is 18.0 Å². The highest BCUT2D eigenvalue weighted by atomic mass is 79.9. The van der Waals surface area contributed by atoms with Gasteiger partial charge in [0.1, 0.15) is 0 Å². The van der Waals surface area contributed by atoms with Crippen LogP contribution in [0.1, 0.15) is 17.5 Å². The van der Waals surface area contributed by atoms with E-state index in [9.17, 15) is 0 Å². The summed E-state index contributed by atoms with van der Waals surface area (Å²) in [7, 11) is 0. The average Bonchev–Trinajstić information content (AvgIpc) is 2.90. The van der Waals surface area contributed by atoms with Gasteiger partial charge >= 0.3 is 0 Å². The van der Waals surface area contributed by atoms with Gasteiger partial charge in [0.2, 0.25) is 0 Å². The third kappa shape index (κ3) is 1.31. The Kier molecular flexibility index (Phi) is 1.94. The fraction of sp³-hybridized carbons (Fsp3) is 0.455. The van der Waals surface area contributed by atoms with E-state index in [1.54, 1.807) is 0 Å². The van der Waals surface area contributed by atoms with Crippen LogP contribution in [0.15, 0.2) is 24.3 Å². The number of hydrogen-bond acceptors (Lipinski definition) is 2. The van der Waals surface area contributed by atoms with Gasteiger partial charge in [0, 0.05) is 6.42 Å². The van der Waals surface area contributed by atoms with Crippen LogP contribution in [0.4, 0.5) is 0 Å². The van der Waals surface area contributed by atoms with E-state index in [0.717, 1.165) is 6.42 Å². The number of fused-ring (bicyclic) bond motifs is 1. The van der Waals surface area contributed by atoms with Crippen LogP contribution >= 0.6 is 15.9 Å². The van der Waals surface area contributed by atoms with E-state index < -0.39 is 0 Å². The molecule has 74 valence electrons. The van der Waals surface area contributed by atoms with Crippen LogP contribution in [0.5, 0.6) is 0 Å². The molecule has 2 aliphatic rings. The van der Waals surface area contributed by atoms with Gasteiger partial charge in [-0.2, -0.15) is 0 Å². The van der Waals surface area contributed by atoms with E-state index in [1.165, 1.54) is 11.1 Å². The molecule has 1 aromatic rings. The summed E-state index contributed by atoms with van der Waals surface area (Å²) in [6.45, 7) is 1.33. The summed E-state index contributed by atoms with van der Waals surface area (Å²) < 4.78 is 11.5. The van der Waals surface area contributed by atoms with Crippen molar-refractivity contribution in [2.75, 3.05) is 0 Å². The zero-order chi connectivity index (χ0) is 9.60. The second kappa shape index (κ2) is 3.05. The topological polar surface area (TPSA) is 18.5 Å². The van der Waals surface area contributed by atoms with E-state index >= 15 is 0 Å². The molecule has 0 saturated heterocycles. The Morgan fingerprint density at radius 1 is 1.14 bits per heavy atom. The third-order valence-corrected chi connectivity index (χ3v) is 3.86. The Morgan fingerprint density at radius 3 is 2.07 bits per heavy atom. The van der Waals surface area contributed by atoms with Gasteiger partial charge in [0.15, 0.2) is 5.79 Å². The SMILES string of the molecule is BrC1CC12OCc1ccccc1CO2. The molecule has 2 nitrogen and oxygen atoms in total. The van der Waals surface area contributed by atoms with Gasteiger partial charge in [-0.15, -0.1) is 0 Å². The van der Waals surface area contributed by atoms with Crippen LogP contribution in [0.2, 0.25) is 0 Å². The van der Waals surface area contributed by atoms with Gasteiger partial charge in [-0.1, -0.05) is 40.2 Å². The first-order valence-corrected chi connectivity index (χ1v) is 5.70. The molecule has 1 atom stereocenters. The predicted octanol–water partition coefficient (Wildman–Crippen LogP) is 2.60. The Bertz CT molecular complexity index is 337. The number of rotatable bonds is 0. The molecule has 0 N–H and O–H groups in total. The maximum Gasteiger partial charge on any atom is 0.183 e. The van der Waals surface area contributed by atoms with Gasteiger partial charge in [0.05, 0.1) is 18.0 Å². The minimum absolute atomic E-state index is 0.334. The summed E-state index contributed by atoms with van der Waals surface area (Å²) in [5.74, 6) is -0.334. The zero-order valence-electron chi connectivity index (χ0n) is 7.70. The first-order chi connectivity index (χ1) is 6.80. The van der Waals surface area contributed by atoms with Crippen molar-refractivity contribution in [3.63, 3.8) is 0 Å². The van der Waals surface area contributed by atoms with E-state index in [2.05, 4.69) is 28.1 Å². The lowest BCUT2D eigenvalue weighted by molar-refractivity contribution is -0.171. The van der Waals surface area contributed by atoms with E-state index in [-0.39, 0.29) is 5.79 Å². The summed E-state index contributed by atoms with van der Waals surface area (Å²) in [6, 6.07) is 8.28. The lowest BCUT2D eigenvalue weighted by Crippen LogP contribution is -2.19. The molecule has 1 unspecified atom stereocenters. The highest BCUT2D eigenvalue weighted by molar-refractivity contribution is 9.09. The second-order valence-electron chi connectivity index (χ2n) is 3.83. The van der Waals surface area contributed by atoms with Gasteiger partial charge in [0.25, 0.3) is 0 Å². The monoisotopic (exact) mass is 254 g/mol. The van der Waals surface area contributed by atoms with Crippen LogP contribution < -0.4 is 0 Å². The Balaban J connectivity index is 1.88. The molecule has 1 aliphatic carbocycles. The number of halogens is 1. The highest BCUT2D eigenvalue weighted by Crippen LogP contribution is 2.49. The molecule has 3 rings (SSSR count). The van der Waals surface area contributed by atoms with Crippen LogP contribution in [0, 0.1) is 0 Å². The van der Waals surface area contributed by atoms with E-state index in [1.807, 2.05) is 12.1 Å². The summed E-state index contributed by atoms with van der Waals surface area (Å²) >= 11 is 3.53. The molecule has 0 radical (unpaired) electrons. The molecule has 14 heavy (non-hydrogen) atoms. The minimum Gasteiger partial charge on any atom is -0.344 e. The van der Waals surface area contributed by atoms with Crippen molar-refractivity contribution in [1.82, 2.24) is 0 Å². The molecule has 1 saturated carbocycles. The molecule has 0 amide bonds. The minimum atomic E-state index is -0.334. The van der Waals surface area contributed by atoms with Crippen molar-refractivity contribution < 1.29 is 9.47 Å². The number of alkyl halides is 1. The standard InChI is InChI=1S/C11H11BrO2/c12-10-5-11(10)13-6-8-3-1-2-4-9(8)7-14-11/h1-4,10H,5-7H2. The summed E-state index contributed by atoms with van der Waals surface area (Å²) in [4.78, 5) is 0.365. The highest BCUT2D eigenvalue weighted by Gasteiger charge is 2.56. The Labute approximate surface area is 91.3 Å². The molecule has 1 spiro atoms. The molecular formula is C11H11BrO2. The van der Waals surface area contributed by atoms with Crippen molar-refractivity contribution in [3.8, 4) is 0 Å². The van der Waals surface area contributed by atoms with Crippen LogP contribution in [0.25, 0.3) is 0 Å².